The van der Waals surface area contributed by atoms with Crippen molar-refractivity contribution in [1.82, 2.24) is 24.6 Å². The largest absolute Gasteiger partial charge is 0.324 e. The summed E-state index contributed by atoms with van der Waals surface area (Å²) in [5.41, 5.74) is 0.703. The molecule has 126 valence electrons. The third-order valence-electron chi connectivity index (χ3n) is 5.23. The van der Waals surface area contributed by atoms with E-state index in [1.165, 1.54) is 32.0 Å². The average molecular weight is 326 g/mol. The topological polar surface area (TPSA) is 75.9 Å². The van der Waals surface area contributed by atoms with Crippen LogP contribution >= 0.6 is 0 Å². The molecule has 2 aromatic heterocycles. The van der Waals surface area contributed by atoms with Crippen LogP contribution in [0.4, 0.5) is 10.5 Å². The van der Waals surface area contributed by atoms with Crippen molar-refractivity contribution in [1.29, 1.82) is 0 Å². The first-order chi connectivity index (χ1) is 11.8. The lowest BCUT2D eigenvalue weighted by Crippen LogP contribution is -2.46. The van der Waals surface area contributed by atoms with Crippen LogP contribution in [0.25, 0.3) is 5.82 Å². The number of amides is 2. The quantitative estimate of drug-likeness (QED) is 0.920. The number of carbonyl (C=O) groups is 1. The van der Waals surface area contributed by atoms with E-state index in [1.807, 2.05) is 17.0 Å². The molecule has 7 heteroatoms. The van der Waals surface area contributed by atoms with Crippen molar-refractivity contribution >= 4 is 11.7 Å². The smallest absolute Gasteiger partial charge is 0.321 e. The van der Waals surface area contributed by atoms with Crippen molar-refractivity contribution in [3.8, 4) is 5.82 Å². The number of hydrogen-bond donors (Lipinski definition) is 1. The molecule has 3 heterocycles. The molecule has 1 aliphatic carbocycles. The van der Waals surface area contributed by atoms with E-state index < -0.39 is 0 Å². The highest BCUT2D eigenvalue weighted by molar-refractivity contribution is 5.89. The van der Waals surface area contributed by atoms with E-state index in [1.54, 1.807) is 17.2 Å². The van der Waals surface area contributed by atoms with Gasteiger partial charge in [0.25, 0.3) is 0 Å². The number of aromatic nitrogens is 4. The molecule has 24 heavy (non-hydrogen) atoms. The number of hydrogen-bond acceptors (Lipinski definition) is 4. The van der Waals surface area contributed by atoms with E-state index in [9.17, 15) is 4.79 Å². The predicted octanol–water partition coefficient (Wildman–Crippen LogP) is 2.71. The summed E-state index contributed by atoms with van der Waals surface area (Å²) >= 11 is 0. The van der Waals surface area contributed by atoms with Gasteiger partial charge >= 0.3 is 6.03 Å². The fourth-order valence-corrected chi connectivity index (χ4v) is 3.91. The first-order valence-corrected chi connectivity index (χ1v) is 8.66. The molecule has 0 unspecified atom stereocenters. The van der Waals surface area contributed by atoms with Crippen LogP contribution in [-0.2, 0) is 0 Å². The van der Waals surface area contributed by atoms with Gasteiger partial charge in [-0.05, 0) is 36.8 Å². The maximum absolute atomic E-state index is 12.5. The summed E-state index contributed by atoms with van der Waals surface area (Å²) in [6.45, 7) is 1.75. The number of nitrogens with zero attached hydrogens (tertiary/aromatic N) is 5. The highest BCUT2D eigenvalue weighted by Gasteiger charge is 2.32. The van der Waals surface area contributed by atoms with E-state index in [0.29, 0.717) is 17.4 Å². The number of nitrogens with one attached hydrogen (secondary N) is 1. The number of rotatable bonds is 2. The lowest BCUT2D eigenvalue weighted by Gasteiger charge is -2.41. The van der Waals surface area contributed by atoms with Gasteiger partial charge in [0, 0.05) is 13.1 Å². The molecule has 2 aromatic rings. The molecule has 4 rings (SSSR count). The maximum Gasteiger partial charge on any atom is 0.321 e. The minimum absolute atomic E-state index is 0.0191. The number of piperidine rings is 1. The fourth-order valence-electron chi connectivity index (χ4n) is 3.91. The molecular formula is C17H22N6O. The second-order valence-corrected chi connectivity index (χ2v) is 6.71. The van der Waals surface area contributed by atoms with Gasteiger partial charge in [-0.25, -0.2) is 19.4 Å². The number of urea groups is 1. The second-order valence-electron chi connectivity index (χ2n) is 6.71. The molecule has 0 spiro atoms. The van der Waals surface area contributed by atoms with Gasteiger partial charge in [-0.3, -0.25) is 0 Å². The van der Waals surface area contributed by atoms with Crippen LogP contribution in [0, 0.1) is 11.8 Å². The van der Waals surface area contributed by atoms with Gasteiger partial charge in [-0.1, -0.05) is 19.3 Å². The summed E-state index contributed by atoms with van der Waals surface area (Å²) in [7, 11) is 0. The van der Waals surface area contributed by atoms with Crippen LogP contribution in [0.1, 0.15) is 32.1 Å². The Labute approximate surface area is 141 Å². The van der Waals surface area contributed by atoms with Crippen molar-refractivity contribution in [2.75, 3.05) is 18.4 Å². The van der Waals surface area contributed by atoms with Gasteiger partial charge in [-0.2, -0.15) is 5.10 Å². The molecule has 1 N–H and O–H groups in total. The zero-order valence-corrected chi connectivity index (χ0v) is 13.6. The van der Waals surface area contributed by atoms with Gasteiger partial charge < -0.3 is 10.2 Å². The Kier molecular flexibility index (Phi) is 4.15. The third-order valence-corrected chi connectivity index (χ3v) is 5.23. The van der Waals surface area contributed by atoms with Gasteiger partial charge in [0.2, 0.25) is 0 Å². The number of anilines is 1. The van der Waals surface area contributed by atoms with Crippen molar-refractivity contribution in [2.45, 2.75) is 32.1 Å². The number of likely N-dealkylation sites (tertiary alicyclic amines) is 1. The van der Waals surface area contributed by atoms with E-state index in [2.05, 4.69) is 20.4 Å². The predicted molar refractivity (Wildman–Crippen MR) is 89.8 cm³/mol. The Morgan fingerprint density at radius 3 is 2.79 bits per heavy atom. The van der Waals surface area contributed by atoms with Crippen molar-refractivity contribution in [3.05, 3.63) is 31.0 Å². The Hall–Kier alpha value is -2.44. The van der Waals surface area contributed by atoms with Crippen molar-refractivity contribution < 1.29 is 4.79 Å². The normalized spacial score (nSPS) is 23.6. The van der Waals surface area contributed by atoms with Crippen LogP contribution in [-0.4, -0.2) is 43.8 Å². The highest BCUT2D eigenvalue weighted by Crippen LogP contribution is 2.36. The number of fused-ring (bicyclic) bond motifs is 1. The average Bonchev–Trinajstić information content (AvgIpc) is 3.16. The first-order valence-electron chi connectivity index (χ1n) is 8.66. The molecule has 0 aromatic carbocycles. The van der Waals surface area contributed by atoms with Crippen LogP contribution in [0.3, 0.4) is 0 Å². The third kappa shape index (κ3) is 3.11. The summed E-state index contributed by atoms with van der Waals surface area (Å²) in [6, 6.07) is 3.64. The highest BCUT2D eigenvalue weighted by atomic mass is 16.2. The lowest BCUT2D eigenvalue weighted by atomic mass is 9.75. The van der Waals surface area contributed by atoms with Crippen molar-refractivity contribution in [2.24, 2.45) is 11.8 Å². The molecule has 1 saturated carbocycles. The molecule has 7 nitrogen and oxygen atoms in total. The Balaban J connectivity index is 1.37. The lowest BCUT2D eigenvalue weighted by molar-refractivity contribution is 0.108. The molecule has 1 saturated heterocycles. The van der Waals surface area contributed by atoms with E-state index in [4.69, 9.17) is 0 Å². The van der Waals surface area contributed by atoms with Gasteiger partial charge in [0.1, 0.15) is 12.7 Å². The standard InChI is InChI=1S/C17H22N6O/c24-17(22-8-7-13-3-1-2-4-14(13)10-22)21-15-5-6-16(19-9-15)23-12-18-11-20-23/h5-6,9,11-14H,1-4,7-8,10H2,(H,21,24)/t13-,14-/m0/s1. The van der Waals surface area contributed by atoms with Crippen LogP contribution in [0.15, 0.2) is 31.0 Å². The maximum atomic E-state index is 12.5. The van der Waals surface area contributed by atoms with Gasteiger partial charge in [0.05, 0.1) is 11.9 Å². The van der Waals surface area contributed by atoms with Crippen LogP contribution < -0.4 is 5.32 Å². The molecule has 2 aliphatic rings. The Bertz CT molecular complexity index is 684. The zero-order chi connectivity index (χ0) is 16.4. The van der Waals surface area contributed by atoms with Crippen molar-refractivity contribution in [3.63, 3.8) is 0 Å². The summed E-state index contributed by atoms with van der Waals surface area (Å²) < 4.78 is 1.58. The Morgan fingerprint density at radius 2 is 2.04 bits per heavy atom. The van der Waals surface area contributed by atoms with Gasteiger partial charge in [0.15, 0.2) is 5.82 Å². The van der Waals surface area contributed by atoms with Gasteiger partial charge in [-0.15, -0.1) is 0 Å². The fraction of sp³-hybridized carbons (Fsp3) is 0.529. The molecule has 1 aliphatic heterocycles. The summed E-state index contributed by atoms with van der Waals surface area (Å²) in [6.07, 6.45) is 11.1. The van der Waals surface area contributed by atoms with Crippen LogP contribution in [0.5, 0.6) is 0 Å². The SMILES string of the molecule is O=C(Nc1ccc(-n2cncn2)nc1)N1CC[C@@H]2CCCC[C@H]2C1. The van der Waals surface area contributed by atoms with E-state index >= 15 is 0 Å². The van der Waals surface area contributed by atoms with E-state index in [0.717, 1.165) is 25.4 Å². The second kappa shape index (κ2) is 6.59. The zero-order valence-electron chi connectivity index (χ0n) is 13.6. The molecule has 2 amide bonds. The molecule has 0 radical (unpaired) electrons. The molecular weight excluding hydrogens is 304 g/mol. The summed E-state index contributed by atoms with van der Waals surface area (Å²) in [4.78, 5) is 22.7. The number of pyridine rings is 1. The first kappa shape index (κ1) is 15.1. The molecule has 0 bridgehead atoms. The summed E-state index contributed by atoms with van der Waals surface area (Å²) in [5, 5.41) is 7.00. The Morgan fingerprint density at radius 1 is 1.17 bits per heavy atom. The molecule has 2 fully saturated rings. The molecule has 2 atom stereocenters. The number of carbonyl (C=O) groups excluding carboxylic acids is 1. The minimum atomic E-state index is -0.0191. The van der Waals surface area contributed by atoms with E-state index in [-0.39, 0.29) is 6.03 Å². The van der Waals surface area contributed by atoms with Crippen LogP contribution in [0.2, 0.25) is 0 Å². The summed E-state index contributed by atoms with van der Waals surface area (Å²) in [5.74, 6) is 2.19. The monoisotopic (exact) mass is 326 g/mol. The minimum Gasteiger partial charge on any atom is -0.324 e.